The number of thioether (sulfide) groups is 1. The molecular formula is C18H22N2O3S. The first kappa shape index (κ1) is 16.9. The molecule has 6 heteroatoms. The summed E-state index contributed by atoms with van der Waals surface area (Å²) in [5.41, 5.74) is 0.811. The molecule has 0 bridgehead atoms. The standard InChI is InChI=1S/C18H22N2O3S/c1-22-12-15-4-2-10-20(15)18(21)19-14-6-8-17(9-7-14)24-13-16-5-3-11-23-16/h3,5-9,11,15H,2,4,10,12-13H2,1H3,(H,19,21). The summed E-state index contributed by atoms with van der Waals surface area (Å²) < 4.78 is 10.5. The molecule has 1 atom stereocenters. The molecule has 1 aromatic carbocycles. The van der Waals surface area contributed by atoms with Crippen LogP contribution in [0.5, 0.6) is 0 Å². The van der Waals surface area contributed by atoms with Gasteiger partial charge in [-0.2, -0.15) is 0 Å². The summed E-state index contributed by atoms with van der Waals surface area (Å²) in [5.74, 6) is 1.75. The zero-order valence-electron chi connectivity index (χ0n) is 13.7. The van der Waals surface area contributed by atoms with Gasteiger partial charge in [-0.05, 0) is 49.2 Å². The van der Waals surface area contributed by atoms with Gasteiger partial charge in [-0.15, -0.1) is 11.8 Å². The monoisotopic (exact) mass is 346 g/mol. The van der Waals surface area contributed by atoms with Crippen LogP contribution in [0, 0.1) is 0 Å². The van der Waals surface area contributed by atoms with Gasteiger partial charge < -0.3 is 19.4 Å². The molecule has 0 aliphatic carbocycles. The predicted octanol–water partition coefficient (Wildman–Crippen LogP) is 4.21. The molecular weight excluding hydrogens is 324 g/mol. The molecule has 2 heterocycles. The van der Waals surface area contributed by atoms with Crippen molar-refractivity contribution in [2.45, 2.75) is 29.5 Å². The van der Waals surface area contributed by atoms with Crippen LogP contribution in [0.1, 0.15) is 18.6 Å². The van der Waals surface area contributed by atoms with Gasteiger partial charge >= 0.3 is 6.03 Å². The molecule has 0 radical (unpaired) electrons. The van der Waals surface area contributed by atoms with Crippen LogP contribution < -0.4 is 5.32 Å². The van der Waals surface area contributed by atoms with E-state index in [1.807, 2.05) is 41.3 Å². The van der Waals surface area contributed by atoms with Crippen molar-refractivity contribution in [3.8, 4) is 0 Å². The number of hydrogen-bond donors (Lipinski definition) is 1. The third-order valence-corrected chi connectivity index (χ3v) is 5.10. The Labute approximate surface area is 146 Å². The lowest BCUT2D eigenvalue weighted by molar-refractivity contribution is 0.128. The van der Waals surface area contributed by atoms with Crippen LogP contribution in [0.2, 0.25) is 0 Å². The number of ether oxygens (including phenoxy) is 1. The minimum absolute atomic E-state index is 0.0504. The maximum atomic E-state index is 12.4. The van der Waals surface area contributed by atoms with E-state index in [9.17, 15) is 4.79 Å². The molecule has 24 heavy (non-hydrogen) atoms. The van der Waals surface area contributed by atoms with Crippen molar-refractivity contribution in [3.05, 3.63) is 48.4 Å². The Kier molecular flexibility index (Phi) is 5.82. The highest BCUT2D eigenvalue weighted by Gasteiger charge is 2.28. The van der Waals surface area contributed by atoms with E-state index in [0.717, 1.165) is 41.5 Å². The summed E-state index contributed by atoms with van der Waals surface area (Å²) in [6.45, 7) is 1.38. The Morgan fingerprint density at radius 2 is 2.21 bits per heavy atom. The van der Waals surface area contributed by atoms with Crippen LogP contribution >= 0.6 is 11.8 Å². The quantitative estimate of drug-likeness (QED) is 0.796. The van der Waals surface area contributed by atoms with Gasteiger partial charge in [-0.25, -0.2) is 4.79 Å². The van der Waals surface area contributed by atoms with Crippen LogP contribution in [0.15, 0.2) is 52.0 Å². The number of likely N-dealkylation sites (tertiary alicyclic amines) is 1. The summed E-state index contributed by atoms with van der Waals surface area (Å²) >= 11 is 1.70. The second-order valence-corrected chi connectivity index (χ2v) is 6.82. The number of carbonyl (C=O) groups is 1. The number of rotatable bonds is 6. The van der Waals surface area contributed by atoms with E-state index in [2.05, 4.69) is 5.32 Å². The van der Waals surface area contributed by atoms with E-state index < -0.39 is 0 Å². The molecule has 1 N–H and O–H groups in total. The minimum Gasteiger partial charge on any atom is -0.468 e. The molecule has 1 aliphatic rings. The molecule has 1 saturated heterocycles. The molecule has 128 valence electrons. The van der Waals surface area contributed by atoms with Gasteiger partial charge in [-0.3, -0.25) is 0 Å². The molecule has 2 aromatic rings. The number of nitrogens with one attached hydrogen (secondary N) is 1. The van der Waals surface area contributed by atoms with E-state index in [0.29, 0.717) is 6.61 Å². The second kappa shape index (κ2) is 8.26. The van der Waals surface area contributed by atoms with E-state index in [1.165, 1.54) is 0 Å². The van der Waals surface area contributed by atoms with Crippen molar-refractivity contribution in [1.82, 2.24) is 4.90 Å². The van der Waals surface area contributed by atoms with Gasteiger partial charge in [0.25, 0.3) is 0 Å². The molecule has 1 aliphatic heterocycles. The molecule has 3 rings (SSSR count). The molecule has 1 fully saturated rings. The fourth-order valence-corrected chi connectivity index (χ4v) is 3.65. The van der Waals surface area contributed by atoms with Crippen LogP contribution in [0.3, 0.4) is 0 Å². The molecule has 5 nitrogen and oxygen atoms in total. The van der Waals surface area contributed by atoms with Crippen molar-refractivity contribution in [2.75, 3.05) is 25.6 Å². The Morgan fingerprint density at radius 3 is 2.92 bits per heavy atom. The van der Waals surface area contributed by atoms with Crippen molar-refractivity contribution in [2.24, 2.45) is 0 Å². The first-order valence-electron chi connectivity index (χ1n) is 8.08. The highest BCUT2D eigenvalue weighted by Crippen LogP contribution is 2.25. The van der Waals surface area contributed by atoms with Crippen LogP contribution in [-0.4, -0.2) is 37.2 Å². The zero-order chi connectivity index (χ0) is 16.8. The third-order valence-electron chi connectivity index (χ3n) is 4.06. The van der Waals surface area contributed by atoms with Crippen molar-refractivity contribution < 1.29 is 13.9 Å². The van der Waals surface area contributed by atoms with E-state index in [1.54, 1.807) is 25.1 Å². The van der Waals surface area contributed by atoms with Crippen molar-refractivity contribution >= 4 is 23.5 Å². The van der Waals surface area contributed by atoms with Crippen LogP contribution in [-0.2, 0) is 10.5 Å². The summed E-state index contributed by atoms with van der Waals surface area (Å²) in [6.07, 6.45) is 3.72. The number of amides is 2. The summed E-state index contributed by atoms with van der Waals surface area (Å²) in [5, 5.41) is 2.97. The Bertz CT molecular complexity index is 643. The Morgan fingerprint density at radius 1 is 1.38 bits per heavy atom. The highest BCUT2D eigenvalue weighted by atomic mass is 32.2. The number of furan rings is 1. The average Bonchev–Trinajstić information content (AvgIpc) is 3.26. The Hall–Kier alpha value is -1.92. The smallest absolute Gasteiger partial charge is 0.322 e. The molecule has 2 amide bonds. The van der Waals surface area contributed by atoms with E-state index in [-0.39, 0.29) is 12.1 Å². The van der Waals surface area contributed by atoms with Crippen LogP contribution in [0.25, 0.3) is 0 Å². The maximum Gasteiger partial charge on any atom is 0.322 e. The number of carbonyl (C=O) groups excluding carboxylic acids is 1. The third kappa shape index (κ3) is 4.33. The first-order valence-corrected chi connectivity index (χ1v) is 9.06. The highest BCUT2D eigenvalue weighted by molar-refractivity contribution is 7.98. The van der Waals surface area contributed by atoms with Gasteiger partial charge in [0.1, 0.15) is 5.76 Å². The number of methoxy groups -OCH3 is 1. The number of benzene rings is 1. The predicted molar refractivity (Wildman–Crippen MR) is 95.3 cm³/mol. The zero-order valence-corrected chi connectivity index (χ0v) is 14.6. The second-order valence-electron chi connectivity index (χ2n) is 5.77. The van der Waals surface area contributed by atoms with Gasteiger partial charge in [0, 0.05) is 24.2 Å². The summed E-state index contributed by atoms with van der Waals surface area (Å²) in [4.78, 5) is 15.4. The lowest BCUT2D eigenvalue weighted by Crippen LogP contribution is -2.40. The Balaban J connectivity index is 1.52. The maximum absolute atomic E-state index is 12.4. The fourth-order valence-electron chi connectivity index (χ4n) is 2.85. The summed E-state index contributed by atoms with van der Waals surface area (Å²) in [6, 6.07) is 11.9. The van der Waals surface area contributed by atoms with E-state index >= 15 is 0 Å². The van der Waals surface area contributed by atoms with Crippen molar-refractivity contribution in [1.29, 1.82) is 0 Å². The van der Waals surface area contributed by atoms with E-state index in [4.69, 9.17) is 9.15 Å². The molecule has 0 saturated carbocycles. The van der Waals surface area contributed by atoms with Gasteiger partial charge in [0.05, 0.1) is 24.7 Å². The lowest BCUT2D eigenvalue weighted by atomic mass is 10.2. The fraction of sp³-hybridized carbons (Fsp3) is 0.389. The molecule has 1 unspecified atom stereocenters. The number of nitrogens with zero attached hydrogens (tertiary/aromatic N) is 1. The minimum atomic E-state index is -0.0504. The van der Waals surface area contributed by atoms with Crippen LogP contribution in [0.4, 0.5) is 10.5 Å². The number of urea groups is 1. The number of hydrogen-bond acceptors (Lipinski definition) is 4. The largest absolute Gasteiger partial charge is 0.468 e. The normalized spacial score (nSPS) is 17.2. The number of anilines is 1. The SMILES string of the molecule is COCC1CCCN1C(=O)Nc1ccc(SCc2ccco2)cc1. The topological polar surface area (TPSA) is 54.7 Å². The summed E-state index contributed by atoms with van der Waals surface area (Å²) in [7, 11) is 1.67. The molecule has 1 aromatic heterocycles. The van der Waals surface area contributed by atoms with Crippen molar-refractivity contribution in [3.63, 3.8) is 0 Å². The van der Waals surface area contributed by atoms with Gasteiger partial charge in [0.2, 0.25) is 0 Å². The first-order chi connectivity index (χ1) is 11.8. The van der Waals surface area contributed by atoms with Gasteiger partial charge in [0.15, 0.2) is 0 Å². The average molecular weight is 346 g/mol. The molecule has 0 spiro atoms. The van der Waals surface area contributed by atoms with Gasteiger partial charge in [-0.1, -0.05) is 0 Å². The lowest BCUT2D eigenvalue weighted by Gasteiger charge is -2.24.